The van der Waals surface area contributed by atoms with E-state index in [9.17, 15) is 9.59 Å². The molecule has 2 aromatic rings. The number of carbonyl (C=O) groups is 1. The maximum absolute atomic E-state index is 12.2. The first-order chi connectivity index (χ1) is 9.32. The molecule has 0 fully saturated rings. The highest BCUT2D eigenvalue weighted by atomic mass is 35.5. The van der Waals surface area contributed by atoms with Gasteiger partial charge in [0.15, 0.2) is 0 Å². The number of hydrogen-bond donors (Lipinski definition) is 1. The van der Waals surface area contributed by atoms with Crippen LogP contribution in [-0.2, 0) is 13.6 Å². The predicted octanol–water partition coefficient (Wildman–Crippen LogP) is 1.60. The molecule has 0 atom stereocenters. The van der Waals surface area contributed by atoms with Crippen LogP contribution in [0.25, 0.3) is 0 Å². The Morgan fingerprint density at radius 3 is 2.55 bits per heavy atom. The molecule has 106 valence electrons. The SMILES string of the molecule is Cc1nn(C)c(Cn2c(C)ccc(C(=O)O)c2=O)c1Cl. The quantitative estimate of drug-likeness (QED) is 0.933. The molecule has 6 nitrogen and oxygen atoms in total. The van der Waals surface area contributed by atoms with Gasteiger partial charge in [-0.3, -0.25) is 9.48 Å². The Labute approximate surface area is 120 Å². The van der Waals surface area contributed by atoms with E-state index in [1.165, 1.54) is 10.6 Å². The number of carboxylic acid groups (broad SMARTS) is 1. The Kier molecular flexibility index (Phi) is 3.67. The summed E-state index contributed by atoms with van der Waals surface area (Å²) in [4.78, 5) is 23.2. The fourth-order valence-electron chi connectivity index (χ4n) is 2.03. The van der Waals surface area contributed by atoms with E-state index in [4.69, 9.17) is 16.7 Å². The van der Waals surface area contributed by atoms with Gasteiger partial charge in [-0.1, -0.05) is 11.6 Å². The Bertz CT molecular complexity index is 746. The predicted molar refractivity (Wildman–Crippen MR) is 74.5 cm³/mol. The number of hydrogen-bond acceptors (Lipinski definition) is 3. The standard InChI is InChI=1S/C13H14ClN3O3/c1-7-4-5-9(13(19)20)12(18)17(7)6-10-11(14)8(2)15-16(10)3/h4-5H,6H2,1-3H3,(H,19,20). The van der Waals surface area contributed by atoms with Crippen LogP contribution in [0.3, 0.4) is 0 Å². The average molecular weight is 296 g/mol. The van der Waals surface area contributed by atoms with Crippen molar-refractivity contribution >= 4 is 17.6 Å². The lowest BCUT2D eigenvalue weighted by Crippen LogP contribution is -2.28. The fourth-order valence-corrected chi connectivity index (χ4v) is 2.25. The first kappa shape index (κ1) is 14.3. The third-order valence-electron chi connectivity index (χ3n) is 3.19. The smallest absolute Gasteiger partial charge is 0.341 e. The van der Waals surface area contributed by atoms with Gasteiger partial charge in [0.2, 0.25) is 0 Å². The first-order valence-electron chi connectivity index (χ1n) is 5.94. The van der Waals surface area contributed by atoms with Crippen molar-refractivity contribution in [2.24, 2.45) is 7.05 Å². The topological polar surface area (TPSA) is 77.1 Å². The molecule has 2 heterocycles. The van der Waals surface area contributed by atoms with E-state index in [1.54, 1.807) is 31.6 Å². The molecular weight excluding hydrogens is 282 g/mol. The van der Waals surface area contributed by atoms with E-state index in [-0.39, 0.29) is 12.1 Å². The number of aromatic carboxylic acids is 1. The summed E-state index contributed by atoms with van der Waals surface area (Å²) in [5, 5.41) is 13.7. The van der Waals surface area contributed by atoms with E-state index in [0.717, 1.165) is 0 Å². The second-order valence-electron chi connectivity index (χ2n) is 4.55. The number of rotatable bonds is 3. The van der Waals surface area contributed by atoms with Crippen molar-refractivity contribution in [2.75, 3.05) is 0 Å². The van der Waals surface area contributed by atoms with Crippen molar-refractivity contribution in [3.05, 3.63) is 50.2 Å². The van der Waals surface area contributed by atoms with Gasteiger partial charge in [-0.25, -0.2) is 4.79 Å². The van der Waals surface area contributed by atoms with Crippen molar-refractivity contribution in [3.8, 4) is 0 Å². The van der Waals surface area contributed by atoms with Gasteiger partial charge in [0.25, 0.3) is 5.56 Å². The van der Waals surface area contributed by atoms with Crippen LogP contribution in [0.4, 0.5) is 0 Å². The Hall–Kier alpha value is -2.08. The molecule has 0 radical (unpaired) electrons. The number of pyridine rings is 1. The van der Waals surface area contributed by atoms with Crippen LogP contribution < -0.4 is 5.56 Å². The van der Waals surface area contributed by atoms with Crippen molar-refractivity contribution in [1.29, 1.82) is 0 Å². The van der Waals surface area contributed by atoms with Crippen LogP contribution in [-0.4, -0.2) is 25.4 Å². The highest BCUT2D eigenvalue weighted by Crippen LogP contribution is 2.20. The zero-order valence-electron chi connectivity index (χ0n) is 11.3. The van der Waals surface area contributed by atoms with Crippen LogP contribution >= 0.6 is 11.6 Å². The molecule has 0 unspecified atom stereocenters. The van der Waals surface area contributed by atoms with Crippen LogP contribution in [0.5, 0.6) is 0 Å². The molecule has 2 rings (SSSR count). The zero-order valence-corrected chi connectivity index (χ0v) is 12.1. The van der Waals surface area contributed by atoms with Gasteiger partial charge >= 0.3 is 5.97 Å². The van der Waals surface area contributed by atoms with Crippen molar-refractivity contribution in [1.82, 2.24) is 14.3 Å². The molecule has 20 heavy (non-hydrogen) atoms. The maximum atomic E-state index is 12.2. The largest absolute Gasteiger partial charge is 0.477 e. The number of aryl methyl sites for hydroxylation is 3. The first-order valence-corrected chi connectivity index (χ1v) is 6.32. The minimum atomic E-state index is -1.24. The molecule has 0 aliphatic heterocycles. The maximum Gasteiger partial charge on any atom is 0.341 e. The van der Waals surface area contributed by atoms with Gasteiger partial charge in [0.05, 0.1) is 23.0 Å². The van der Waals surface area contributed by atoms with Crippen molar-refractivity contribution in [3.63, 3.8) is 0 Å². The fraction of sp³-hybridized carbons (Fsp3) is 0.308. The second kappa shape index (κ2) is 5.13. The van der Waals surface area contributed by atoms with Crippen molar-refractivity contribution in [2.45, 2.75) is 20.4 Å². The lowest BCUT2D eigenvalue weighted by Gasteiger charge is -2.11. The summed E-state index contributed by atoms with van der Waals surface area (Å²) >= 11 is 6.16. The molecule has 7 heteroatoms. The molecule has 0 amide bonds. The van der Waals surface area contributed by atoms with E-state index in [2.05, 4.69) is 5.10 Å². The van der Waals surface area contributed by atoms with Crippen LogP contribution in [0.1, 0.15) is 27.4 Å². The lowest BCUT2D eigenvalue weighted by molar-refractivity contribution is 0.0694. The average Bonchev–Trinajstić information content (AvgIpc) is 2.59. The van der Waals surface area contributed by atoms with Gasteiger partial charge < -0.3 is 9.67 Å². The minimum absolute atomic E-state index is 0.182. The highest BCUT2D eigenvalue weighted by molar-refractivity contribution is 6.31. The molecule has 2 aromatic heterocycles. The van der Waals surface area contributed by atoms with Gasteiger partial charge in [0.1, 0.15) is 5.56 Å². The van der Waals surface area contributed by atoms with Gasteiger partial charge in [-0.15, -0.1) is 0 Å². The molecule has 0 aliphatic rings. The summed E-state index contributed by atoms with van der Waals surface area (Å²) in [5.41, 5.74) is 1.19. The Balaban J connectivity index is 2.57. The number of aromatic nitrogens is 3. The molecule has 0 aromatic carbocycles. The lowest BCUT2D eigenvalue weighted by atomic mass is 10.2. The molecule has 0 saturated carbocycles. The van der Waals surface area contributed by atoms with Gasteiger partial charge in [0, 0.05) is 12.7 Å². The Morgan fingerprint density at radius 1 is 1.40 bits per heavy atom. The van der Waals surface area contributed by atoms with E-state index < -0.39 is 11.5 Å². The summed E-state index contributed by atoms with van der Waals surface area (Å²) in [7, 11) is 1.73. The third kappa shape index (κ3) is 2.34. The normalized spacial score (nSPS) is 10.8. The molecular formula is C13H14ClN3O3. The number of nitrogens with zero attached hydrogens (tertiary/aromatic N) is 3. The summed E-state index contributed by atoms with van der Waals surface area (Å²) < 4.78 is 2.97. The molecule has 0 saturated heterocycles. The van der Waals surface area contributed by atoms with Crippen LogP contribution in [0.2, 0.25) is 5.02 Å². The van der Waals surface area contributed by atoms with E-state index in [1.807, 2.05) is 0 Å². The van der Waals surface area contributed by atoms with Gasteiger partial charge in [-0.2, -0.15) is 5.10 Å². The van der Waals surface area contributed by atoms with Crippen LogP contribution in [0, 0.1) is 13.8 Å². The van der Waals surface area contributed by atoms with Crippen LogP contribution in [0.15, 0.2) is 16.9 Å². The second-order valence-corrected chi connectivity index (χ2v) is 4.93. The molecule has 0 aliphatic carbocycles. The van der Waals surface area contributed by atoms with E-state index in [0.29, 0.717) is 22.1 Å². The summed E-state index contributed by atoms with van der Waals surface area (Å²) in [6.45, 7) is 3.70. The number of carboxylic acids is 1. The van der Waals surface area contributed by atoms with E-state index >= 15 is 0 Å². The summed E-state index contributed by atoms with van der Waals surface area (Å²) in [6, 6.07) is 2.91. The highest BCUT2D eigenvalue weighted by Gasteiger charge is 2.16. The zero-order chi connectivity index (χ0) is 15.0. The van der Waals surface area contributed by atoms with Gasteiger partial charge in [-0.05, 0) is 26.0 Å². The molecule has 0 spiro atoms. The monoisotopic (exact) mass is 295 g/mol. The van der Waals surface area contributed by atoms with Crippen molar-refractivity contribution < 1.29 is 9.90 Å². The summed E-state index contributed by atoms with van der Waals surface area (Å²) in [6.07, 6.45) is 0. The minimum Gasteiger partial charge on any atom is -0.477 e. The number of halogens is 1. The third-order valence-corrected chi connectivity index (χ3v) is 3.68. The Morgan fingerprint density at radius 2 is 2.05 bits per heavy atom. The molecule has 0 bridgehead atoms. The summed E-state index contributed by atoms with van der Waals surface area (Å²) in [5.74, 6) is -1.24. The molecule has 1 N–H and O–H groups in total.